The number of aliphatic carboxylic acids is 1. The van der Waals surface area contributed by atoms with Crippen molar-refractivity contribution < 1.29 is 62.0 Å². The van der Waals surface area contributed by atoms with Crippen molar-refractivity contribution >= 4 is 22.1 Å². The number of rotatable bonds is 21. The fraction of sp³-hybridized carbons (Fsp3) is 0.909. The zero-order valence-electron chi connectivity index (χ0n) is 19.6. The first-order valence-electron chi connectivity index (χ1n) is 11.6. The van der Waals surface area contributed by atoms with E-state index in [1.54, 1.807) is 0 Å². The molecule has 0 aliphatic carbocycles. The van der Waals surface area contributed by atoms with Crippen molar-refractivity contribution in [2.75, 3.05) is 6.61 Å². The van der Waals surface area contributed by atoms with E-state index in [1.807, 2.05) is 0 Å². The Kier molecular flexibility index (Phi) is 23.1. The zero-order valence-corrected chi connectivity index (χ0v) is 22.4. The average molecular weight is 473 g/mol. The Bertz CT molecular complexity index is 552. The monoisotopic (exact) mass is 472 g/mol. The van der Waals surface area contributed by atoms with Gasteiger partial charge in [0.25, 0.3) is 10.1 Å². The number of ether oxygens (including phenoxy) is 1. The predicted octanol–water partition coefficient (Wildman–Crippen LogP) is 1.19. The van der Waals surface area contributed by atoms with E-state index in [0.717, 1.165) is 19.3 Å². The summed E-state index contributed by atoms with van der Waals surface area (Å²) in [5.74, 6) is -2.99. The number of unbranched alkanes of at least 4 members (excludes halogenated alkanes) is 15. The molecule has 0 radical (unpaired) electrons. The molecule has 0 aliphatic heterocycles. The van der Waals surface area contributed by atoms with E-state index in [-0.39, 0.29) is 36.2 Å². The minimum Gasteiger partial charge on any atom is -0.549 e. The Morgan fingerprint density at radius 3 is 1.45 bits per heavy atom. The van der Waals surface area contributed by atoms with Crippen molar-refractivity contribution in [3.8, 4) is 0 Å². The normalized spacial score (nSPS) is 12.2. The molecule has 1 unspecified atom stereocenters. The summed E-state index contributed by atoms with van der Waals surface area (Å²) >= 11 is 0. The topological polar surface area (TPSA) is 121 Å². The molecule has 0 aromatic carbocycles. The standard InChI is InChI=1S/C22H42O7S.Na/c1-2-3-4-5-6-7-8-9-10-11-12-13-14-15-16-17-18-29-21(23)19-20(22(24)25)30(26,27)28;/h20H,2-19H2,1H3,(H,24,25)(H,26,27,28);/q;+1/p-1. The van der Waals surface area contributed by atoms with Crippen LogP contribution in [0.25, 0.3) is 0 Å². The summed E-state index contributed by atoms with van der Waals surface area (Å²) in [5, 5.41) is 8.37. The molecule has 31 heavy (non-hydrogen) atoms. The van der Waals surface area contributed by atoms with Crippen LogP contribution in [0.4, 0.5) is 0 Å². The molecule has 0 aromatic rings. The second kappa shape index (κ2) is 21.7. The Hall–Kier alpha value is -0.150. The van der Waals surface area contributed by atoms with Crippen LogP contribution in [0.2, 0.25) is 0 Å². The largest absolute Gasteiger partial charge is 1.00 e. The van der Waals surface area contributed by atoms with E-state index >= 15 is 0 Å². The summed E-state index contributed by atoms with van der Waals surface area (Å²) in [7, 11) is -4.88. The quantitative estimate of drug-likeness (QED) is 0.115. The third-order valence-electron chi connectivity index (χ3n) is 5.24. The second-order valence-electron chi connectivity index (χ2n) is 8.05. The van der Waals surface area contributed by atoms with Gasteiger partial charge in [0.05, 0.1) is 19.0 Å². The smallest absolute Gasteiger partial charge is 0.549 e. The molecule has 0 rings (SSSR count). The molecule has 0 heterocycles. The van der Waals surface area contributed by atoms with Gasteiger partial charge < -0.3 is 14.6 Å². The minimum atomic E-state index is -4.88. The third kappa shape index (κ3) is 21.5. The van der Waals surface area contributed by atoms with Gasteiger partial charge in [-0.3, -0.25) is 9.35 Å². The van der Waals surface area contributed by atoms with Crippen molar-refractivity contribution in [2.24, 2.45) is 0 Å². The number of hydrogen-bond acceptors (Lipinski definition) is 6. The maximum absolute atomic E-state index is 11.5. The summed E-state index contributed by atoms with van der Waals surface area (Å²) in [6.07, 6.45) is 18.8. The van der Waals surface area contributed by atoms with Crippen molar-refractivity contribution in [1.82, 2.24) is 0 Å². The first-order chi connectivity index (χ1) is 14.3. The van der Waals surface area contributed by atoms with Gasteiger partial charge in [-0.05, 0) is 6.42 Å². The van der Waals surface area contributed by atoms with Crippen LogP contribution < -0.4 is 34.7 Å². The van der Waals surface area contributed by atoms with Crippen molar-refractivity contribution in [1.29, 1.82) is 0 Å². The van der Waals surface area contributed by atoms with Gasteiger partial charge in [-0.2, -0.15) is 8.42 Å². The van der Waals surface area contributed by atoms with E-state index in [9.17, 15) is 23.1 Å². The second-order valence-corrected chi connectivity index (χ2v) is 9.65. The zero-order chi connectivity index (χ0) is 22.7. The molecule has 7 nitrogen and oxygen atoms in total. The number of carbonyl (C=O) groups is 2. The van der Waals surface area contributed by atoms with Crippen molar-refractivity contribution in [3.05, 3.63) is 0 Å². The number of carboxylic acids is 1. The summed E-state index contributed by atoms with van der Waals surface area (Å²) < 4.78 is 35.3. The SMILES string of the molecule is CCCCCCCCCCCCCCCCCCOC(=O)CC(C(=O)[O-])S(=O)(=O)O.[Na+]. The third-order valence-corrected chi connectivity index (χ3v) is 6.31. The Labute approximate surface area is 211 Å². The first kappa shape index (κ1) is 33.0. The van der Waals surface area contributed by atoms with Crippen LogP contribution in [0.3, 0.4) is 0 Å². The van der Waals surface area contributed by atoms with Gasteiger partial charge in [0, 0.05) is 0 Å². The number of hydrogen-bond donors (Lipinski definition) is 1. The molecule has 1 atom stereocenters. The van der Waals surface area contributed by atoms with E-state index in [4.69, 9.17) is 9.29 Å². The van der Waals surface area contributed by atoms with Gasteiger partial charge in [0.2, 0.25) is 0 Å². The van der Waals surface area contributed by atoms with Crippen LogP contribution in [-0.2, 0) is 24.4 Å². The Morgan fingerprint density at radius 2 is 1.13 bits per heavy atom. The molecular weight excluding hydrogens is 431 g/mol. The number of esters is 1. The molecule has 0 spiro atoms. The van der Waals surface area contributed by atoms with Crippen molar-refractivity contribution in [3.63, 3.8) is 0 Å². The molecule has 0 saturated heterocycles. The van der Waals surface area contributed by atoms with Gasteiger partial charge in [0.1, 0.15) is 5.25 Å². The van der Waals surface area contributed by atoms with Gasteiger partial charge in [-0.1, -0.05) is 103 Å². The van der Waals surface area contributed by atoms with Gasteiger partial charge >= 0.3 is 35.5 Å². The van der Waals surface area contributed by atoms with Crippen LogP contribution in [0.5, 0.6) is 0 Å². The molecule has 0 saturated carbocycles. The molecule has 0 bridgehead atoms. The molecule has 0 amide bonds. The van der Waals surface area contributed by atoms with Crippen LogP contribution >= 0.6 is 0 Å². The van der Waals surface area contributed by atoms with Crippen LogP contribution in [0, 0.1) is 0 Å². The summed E-state index contributed by atoms with van der Waals surface area (Å²) in [6.45, 7) is 2.36. The van der Waals surface area contributed by atoms with E-state index in [2.05, 4.69) is 6.92 Å². The number of carboxylic acid groups (broad SMARTS) is 1. The predicted molar refractivity (Wildman–Crippen MR) is 115 cm³/mol. The van der Waals surface area contributed by atoms with Gasteiger partial charge in [-0.25, -0.2) is 0 Å². The molecule has 0 aliphatic rings. The fourth-order valence-corrected chi connectivity index (χ4v) is 3.95. The van der Waals surface area contributed by atoms with E-state index in [0.29, 0.717) is 6.42 Å². The maximum atomic E-state index is 11.5. The molecular formula is C22H41NaO7S. The van der Waals surface area contributed by atoms with E-state index < -0.39 is 33.7 Å². The van der Waals surface area contributed by atoms with Gasteiger partial charge in [-0.15, -0.1) is 0 Å². The number of carbonyl (C=O) groups excluding carboxylic acids is 2. The van der Waals surface area contributed by atoms with E-state index in [1.165, 1.54) is 77.0 Å². The van der Waals surface area contributed by atoms with Crippen molar-refractivity contribution in [2.45, 2.75) is 121 Å². The van der Waals surface area contributed by atoms with Gasteiger partial charge in [0.15, 0.2) is 0 Å². The molecule has 0 aromatic heterocycles. The summed E-state index contributed by atoms with van der Waals surface area (Å²) in [6, 6.07) is 0. The first-order valence-corrected chi connectivity index (χ1v) is 13.1. The maximum Gasteiger partial charge on any atom is 1.00 e. The molecule has 9 heteroatoms. The molecule has 178 valence electrons. The Balaban J connectivity index is 0. The summed E-state index contributed by atoms with van der Waals surface area (Å²) in [4.78, 5) is 22.1. The Morgan fingerprint density at radius 1 is 0.774 bits per heavy atom. The molecule has 1 N–H and O–H groups in total. The molecule has 0 fully saturated rings. The fourth-order valence-electron chi connectivity index (χ4n) is 3.36. The van der Waals surface area contributed by atoms with Crippen LogP contribution in [-0.4, -0.2) is 36.8 Å². The van der Waals surface area contributed by atoms with Crippen LogP contribution in [0.15, 0.2) is 0 Å². The summed E-state index contributed by atoms with van der Waals surface area (Å²) in [5.41, 5.74) is 0. The minimum absolute atomic E-state index is 0. The van der Waals surface area contributed by atoms with Crippen LogP contribution in [0.1, 0.15) is 116 Å². The average Bonchev–Trinajstić information content (AvgIpc) is 2.67.